The van der Waals surface area contributed by atoms with E-state index in [0.717, 1.165) is 24.3 Å². The van der Waals surface area contributed by atoms with Gasteiger partial charge in [0.05, 0.1) is 5.75 Å². The number of rotatable bonds is 6. The van der Waals surface area contributed by atoms with Gasteiger partial charge in [0.15, 0.2) is 0 Å². The summed E-state index contributed by atoms with van der Waals surface area (Å²) in [5, 5.41) is 0.702. The molecule has 172 valence electrons. The summed E-state index contributed by atoms with van der Waals surface area (Å²) >= 11 is 6.15. The van der Waals surface area contributed by atoms with E-state index >= 15 is 0 Å². The van der Waals surface area contributed by atoms with Crippen molar-refractivity contribution < 1.29 is 13.2 Å². The molecule has 1 aliphatic heterocycles. The Morgan fingerprint density at radius 2 is 1.61 bits per heavy atom. The van der Waals surface area contributed by atoms with Crippen molar-refractivity contribution in [3.05, 3.63) is 94.5 Å². The van der Waals surface area contributed by atoms with E-state index in [-0.39, 0.29) is 11.7 Å². The summed E-state index contributed by atoms with van der Waals surface area (Å²) in [7, 11) is -3.54. The molecule has 1 fully saturated rings. The zero-order valence-corrected chi connectivity index (χ0v) is 19.9. The minimum absolute atomic E-state index is 0.0591. The van der Waals surface area contributed by atoms with Gasteiger partial charge in [0.25, 0.3) is 5.91 Å². The molecular formula is C25H26ClN3O3S. The molecule has 8 heteroatoms. The minimum Gasteiger partial charge on any atom is -0.368 e. The molecule has 0 aliphatic carbocycles. The molecule has 1 saturated heterocycles. The Morgan fingerprint density at radius 1 is 0.939 bits per heavy atom. The molecule has 0 bridgehead atoms. The van der Waals surface area contributed by atoms with Crippen LogP contribution in [0.25, 0.3) is 0 Å². The average Bonchev–Trinajstić information content (AvgIpc) is 2.81. The zero-order valence-electron chi connectivity index (χ0n) is 18.4. The number of sulfonamides is 1. The number of hydrogen-bond acceptors (Lipinski definition) is 4. The highest BCUT2D eigenvalue weighted by Gasteiger charge is 2.23. The summed E-state index contributed by atoms with van der Waals surface area (Å²) in [4.78, 5) is 17.0. The average molecular weight is 484 g/mol. The van der Waals surface area contributed by atoms with Gasteiger partial charge in [-0.3, -0.25) is 9.52 Å². The molecule has 4 rings (SSSR count). The van der Waals surface area contributed by atoms with Gasteiger partial charge >= 0.3 is 0 Å². The van der Waals surface area contributed by atoms with E-state index in [1.165, 1.54) is 0 Å². The van der Waals surface area contributed by atoms with Crippen LogP contribution in [-0.4, -0.2) is 45.4 Å². The van der Waals surface area contributed by atoms with Crippen LogP contribution >= 0.6 is 11.6 Å². The quantitative estimate of drug-likeness (QED) is 0.558. The number of halogens is 1. The highest BCUT2D eigenvalue weighted by Crippen LogP contribution is 2.25. The van der Waals surface area contributed by atoms with Gasteiger partial charge < -0.3 is 9.80 Å². The lowest BCUT2D eigenvalue weighted by atomic mass is 10.1. The molecule has 6 nitrogen and oxygen atoms in total. The molecule has 33 heavy (non-hydrogen) atoms. The maximum absolute atomic E-state index is 12.9. The third kappa shape index (κ3) is 5.86. The van der Waals surface area contributed by atoms with Gasteiger partial charge in [-0.2, -0.15) is 0 Å². The molecule has 1 aliphatic rings. The van der Waals surface area contributed by atoms with Gasteiger partial charge in [-0.05, 0) is 54.4 Å². The Balaban J connectivity index is 1.35. The van der Waals surface area contributed by atoms with Crippen molar-refractivity contribution in [2.45, 2.75) is 12.7 Å². The molecular weight excluding hydrogens is 458 g/mol. The van der Waals surface area contributed by atoms with Crippen molar-refractivity contribution in [1.29, 1.82) is 0 Å². The van der Waals surface area contributed by atoms with Gasteiger partial charge in [0.1, 0.15) is 0 Å². The van der Waals surface area contributed by atoms with Crippen LogP contribution < -0.4 is 9.62 Å². The van der Waals surface area contributed by atoms with Crippen molar-refractivity contribution in [3.63, 3.8) is 0 Å². The van der Waals surface area contributed by atoms with Gasteiger partial charge in [-0.15, -0.1) is 0 Å². The second-order valence-corrected chi connectivity index (χ2v) is 10.3. The SMILES string of the molecule is Cc1ccc(Cl)cc1N1CCN(C(=O)c2ccc(NS(=O)(=O)Cc3ccccc3)cc2)CC1. The highest BCUT2D eigenvalue weighted by atomic mass is 35.5. The summed E-state index contributed by atoms with van der Waals surface area (Å²) in [5.74, 6) is -0.165. The van der Waals surface area contributed by atoms with Crippen molar-refractivity contribution in [2.75, 3.05) is 35.8 Å². The van der Waals surface area contributed by atoms with E-state index in [2.05, 4.69) is 16.5 Å². The summed E-state index contributed by atoms with van der Waals surface area (Å²) in [6.07, 6.45) is 0. The molecule has 0 radical (unpaired) electrons. The Labute approximate surface area is 199 Å². The van der Waals surface area contributed by atoms with E-state index in [9.17, 15) is 13.2 Å². The van der Waals surface area contributed by atoms with Gasteiger partial charge in [-0.1, -0.05) is 48.0 Å². The van der Waals surface area contributed by atoms with Crippen molar-refractivity contribution in [3.8, 4) is 0 Å². The number of hydrogen-bond donors (Lipinski definition) is 1. The Hall–Kier alpha value is -3.03. The Morgan fingerprint density at radius 3 is 2.27 bits per heavy atom. The first-order valence-electron chi connectivity index (χ1n) is 10.8. The largest absolute Gasteiger partial charge is 0.368 e. The smallest absolute Gasteiger partial charge is 0.253 e. The zero-order chi connectivity index (χ0) is 23.4. The lowest BCUT2D eigenvalue weighted by Crippen LogP contribution is -2.49. The molecule has 3 aromatic carbocycles. The summed E-state index contributed by atoms with van der Waals surface area (Å²) in [5.41, 5.74) is 3.94. The maximum Gasteiger partial charge on any atom is 0.253 e. The third-order valence-corrected chi connectivity index (χ3v) is 7.18. The van der Waals surface area contributed by atoms with Crippen molar-refractivity contribution in [2.24, 2.45) is 0 Å². The normalized spacial score (nSPS) is 14.2. The summed E-state index contributed by atoms with van der Waals surface area (Å²) < 4.78 is 27.4. The highest BCUT2D eigenvalue weighted by molar-refractivity contribution is 7.91. The second-order valence-electron chi connectivity index (χ2n) is 8.13. The molecule has 3 aromatic rings. The third-order valence-electron chi connectivity index (χ3n) is 5.68. The first kappa shape index (κ1) is 23.1. The Kier molecular flexibility index (Phi) is 6.91. The van der Waals surface area contributed by atoms with E-state index < -0.39 is 10.0 Å². The van der Waals surface area contributed by atoms with Crippen molar-refractivity contribution >= 4 is 38.9 Å². The predicted octanol–water partition coefficient (Wildman–Crippen LogP) is 4.55. The van der Waals surface area contributed by atoms with Crippen LogP contribution in [0.2, 0.25) is 5.02 Å². The van der Waals surface area contributed by atoms with Crippen LogP contribution in [0.5, 0.6) is 0 Å². The fourth-order valence-electron chi connectivity index (χ4n) is 3.95. The molecule has 1 heterocycles. The van der Waals surface area contributed by atoms with E-state index in [1.54, 1.807) is 48.5 Å². The summed E-state index contributed by atoms with van der Waals surface area (Å²) in [6.45, 7) is 4.72. The minimum atomic E-state index is -3.54. The molecule has 0 saturated carbocycles. The van der Waals surface area contributed by atoms with Crippen LogP contribution in [-0.2, 0) is 15.8 Å². The summed E-state index contributed by atoms with van der Waals surface area (Å²) in [6, 6.07) is 21.4. The molecule has 1 N–H and O–H groups in total. The lowest BCUT2D eigenvalue weighted by Gasteiger charge is -2.37. The molecule has 0 aromatic heterocycles. The van der Waals surface area contributed by atoms with Gasteiger partial charge in [0, 0.05) is 48.1 Å². The number of anilines is 2. The van der Waals surface area contributed by atoms with Crippen LogP contribution in [0.4, 0.5) is 11.4 Å². The second kappa shape index (κ2) is 9.85. The number of carbonyl (C=O) groups excluding carboxylic acids is 1. The molecule has 0 spiro atoms. The van der Waals surface area contributed by atoms with Crippen molar-refractivity contribution in [1.82, 2.24) is 4.90 Å². The van der Waals surface area contributed by atoms with Crippen LogP contribution in [0.3, 0.4) is 0 Å². The molecule has 0 unspecified atom stereocenters. The first-order valence-corrected chi connectivity index (χ1v) is 12.8. The van der Waals surface area contributed by atoms with Crippen LogP contribution in [0.1, 0.15) is 21.5 Å². The van der Waals surface area contributed by atoms with Gasteiger partial charge in [-0.25, -0.2) is 8.42 Å². The number of benzene rings is 3. The van der Waals surface area contributed by atoms with Crippen LogP contribution in [0, 0.1) is 6.92 Å². The van der Waals surface area contributed by atoms with Gasteiger partial charge in [0.2, 0.25) is 10.0 Å². The van der Waals surface area contributed by atoms with E-state index in [4.69, 9.17) is 11.6 Å². The number of nitrogens with zero attached hydrogens (tertiary/aromatic N) is 2. The fraction of sp³-hybridized carbons (Fsp3) is 0.240. The number of piperazine rings is 1. The fourth-order valence-corrected chi connectivity index (χ4v) is 5.31. The first-order chi connectivity index (χ1) is 15.8. The van der Waals surface area contributed by atoms with E-state index in [0.29, 0.717) is 34.9 Å². The number of aryl methyl sites for hydroxylation is 1. The lowest BCUT2D eigenvalue weighted by molar-refractivity contribution is 0.0747. The monoisotopic (exact) mass is 483 g/mol. The Bertz CT molecular complexity index is 1220. The van der Waals surface area contributed by atoms with E-state index in [1.807, 2.05) is 29.2 Å². The molecule has 0 atom stereocenters. The molecule has 1 amide bonds. The topological polar surface area (TPSA) is 69.7 Å². The van der Waals surface area contributed by atoms with Crippen LogP contribution in [0.15, 0.2) is 72.8 Å². The number of amides is 1. The maximum atomic E-state index is 12.9. The predicted molar refractivity (Wildman–Crippen MR) is 133 cm³/mol. The standard InChI is InChI=1S/C25H26ClN3O3S/c1-19-7-10-22(26)17-24(19)28-13-15-29(16-14-28)25(30)21-8-11-23(12-9-21)27-33(31,32)18-20-5-3-2-4-6-20/h2-12,17,27H,13-16,18H2,1H3. The number of nitrogens with one attached hydrogen (secondary N) is 1. The number of carbonyl (C=O) groups is 1.